The van der Waals surface area contributed by atoms with E-state index in [1.54, 1.807) is 6.07 Å². The van der Waals surface area contributed by atoms with Crippen molar-refractivity contribution in [3.05, 3.63) is 18.0 Å². The maximum Gasteiger partial charge on any atom is 0.325 e. The second kappa shape index (κ2) is 5.29. The van der Waals surface area contributed by atoms with E-state index in [4.69, 9.17) is 9.26 Å². The van der Waals surface area contributed by atoms with Gasteiger partial charge in [0, 0.05) is 12.6 Å². The SMILES string of the molecule is COC(=O)[C@H]1[C@H](O)CCCN1Cc1ccon1. The van der Waals surface area contributed by atoms with Crippen LogP contribution in [0.2, 0.25) is 0 Å². The smallest absolute Gasteiger partial charge is 0.325 e. The van der Waals surface area contributed by atoms with Gasteiger partial charge in [0.1, 0.15) is 12.3 Å². The Morgan fingerprint density at radius 1 is 1.76 bits per heavy atom. The van der Waals surface area contributed by atoms with E-state index in [1.165, 1.54) is 13.4 Å². The summed E-state index contributed by atoms with van der Waals surface area (Å²) in [6, 6.07) is 1.14. The molecule has 2 rings (SSSR count). The lowest BCUT2D eigenvalue weighted by Gasteiger charge is -2.36. The zero-order valence-corrected chi connectivity index (χ0v) is 9.70. The van der Waals surface area contributed by atoms with Gasteiger partial charge in [0.25, 0.3) is 0 Å². The second-order valence-corrected chi connectivity index (χ2v) is 4.14. The molecule has 1 saturated heterocycles. The van der Waals surface area contributed by atoms with Gasteiger partial charge < -0.3 is 14.4 Å². The summed E-state index contributed by atoms with van der Waals surface area (Å²) in [4.78, 5) is 13.5. The van der Waals surface area contributed by atoms with E-state index in [0.717, 1.165) is 18.7 Å². The molecule has 0 bridgehead atoms. The first-order valence-corrected chi connectivity index (χ1v) is 5.61. The molecule has 0 amide bonds. The van der Waals surface area contributed by atoms with Gasteiger partial charge in [0.15, 0.2) is 0 Å². The lowest BCUT2D eigenvalue weighted by molar-refractivity contribution is -0.154. The lowest BCUT2D eigenvalue weighted by atomic mass is 9.98. The number of carbonyl (C=O) groups is 1. The molecule has 1 aromatic rings. The fourth-order valence-corrected chi connectivity index (χ4v) is 2.18. The molecule has 0 aliphatic carbocycles. The lowest BCUT2D eigenvalue weighted by Crippen LogP contribution is -2.52. The number of rotatable bonds is 3. The zero-order valence-electron chi connectivity index (χ0n) is 9.70. The van der Waals surface area contributed by atoms with E-state index in [0.29, 0.717) is 13.0 Å². The van der Waals surface area contributed by atoms with Crippen molar-refractivity contribution in [3.8, 4) is 0 Å². The van der Waals surface area contributed by atoms with Crippen molar-refractivity contribution >= 4 is 5.97 Å². The van der Waals surface area contributed by atoms with Crippen LogP contribution in [0.1, 0.15) is 18.5 Å². The summed E-state index contributed by atoms with van der Waals surface area (Å²) in [6.45, 7) is 1.22. The molecule has 1 aromatic heterocycles. The van der Waals surface area contributed by atoms with Crippen LogP contribution in [-0.4, -0.2) is 46.9 Å². The van der Waals surface area contributed by atoms with Crippen molar-refractivity contribution < 1.29 is 19.2 Å². The molecule has 17 heavy (non-hydrogen) atoms. The summed E-state index contributed by atoms with van der Waals surface area (Å²) >= 11 is 0. The number of piperidine rings is 1. The molecule has 1 N–H and O–H groups in total. The fourth-order valence-electron chi connectivity index (χ4n) is 2.18. The van der Waals surface area contributed by atoms with Gasteiger partial charge in [-0.25, -0.2) is 0 Å². The second-order valence-electron chi connectivity index (χ2n) is 4.14. The number of aliphatic hydroxyl groups excluding tert-OH is 1. The predicted octanol–water partition coefficient (Wildman–Crippen LogP) is 0.173. The number of methoxy groups -OCH3 is 1. The number of hydrogen-bond acceptors (Lipinski definition) is 6. The van der Waals surface area contributed by atoms with Crippen molar-refractivity contribution in [1.29, 1.82) is 0 Å². The minimum absolute atomic E-state index is 0.402. The molecule has 0 saturated carbocycles. The molecular formula is C11H16N2O4. The van der Waals surface area contributed by atoms with Crippen LogP contribution in [0, 0.1) is 0 Å². The van der Waals surface area contributed by atoms with Gasteiger partial charge in [-0.1, -0.05) is 5.16 Å². The van der Waals surface area contributed by atoms with E-state index in [9.17, 15) is 9.90 Å². The highest BCUT2D eigenvalue weighted by Gasteiger charge is 2.36. The number of likely N-dealkylation sites (tertiary alicyclic amines) is 1. The standard InChI is InChI=1S/C11H16N2O4/c1-16-11(15)10-9(14)3-2-5-13(10)7-8-4-6-17-12-8/h4,6,9-10,14H,2-3,5,7H2,1H3/t9-,10-/m1/s1. The maximum absolute atomic E-state index is 11.6. The number of carbonyl (C=O) groups excluding carboxylic acids is 1. The first-order valence-electron chi connectivity index (χ1n) is 5.61. The molecule has 6 nitrogen and oxygen atoms in total. The topological polar surface area (TPSA) is 75.8 Å². The number of esters is 1. The molecule has 94 valence electrons. The van der Waals surface area contributed by atoms with Crippen LogP contribution >= 0.6 is 0 Å². The Hall–Kier alpha value is -1.40. The van der Waals surface area contributed by atoms with Gasteiger partial charge >= 0.3 is 5.97 Å². The van der Waals surface area contributed by atoms with Crippen LogP contribution in [0.25, 0.3) is 0 Å². The number of hydrogen-bond donors (Lipinski definition) is 1. The van der Waals surface area contributed by atoms with E-state index >= 15 is 0 Å². The van der Waals surface area contributed by atoms with Crippen LogP contribution in [0.4, 0.5) is 0 Å². The van der Waals surface area contributed by atoms with Crippen LogP contribution < -0.4 is 0 Å². The quantitative estimate of drug-likeness (QED) is 0.759. The maximum atomic E-state index is 11.6. The third-order valence-electron chi connectivity index (χ3n) is 3.00. The van der Waals surface area contributed by atoms with Crippen LogP contribution in [0.5, 0.6) is 0 Å². The number of nitrogens with zero attached hydrogens (tertiary/aromatic N) is 2. The average molecular weight is 240 g/mol. The molecule has 2 atom stereocenters. The Bertz CT molecular complexity index is 366. The molecule has 0 radical (unpaired) electrons. The summed E-state index contributed by atoms with van der Waals surface area (Å²) in [5.74, 6) is -0.402. The first kappa shape index (κ1) is 12.1. The van der Waals surface area contributed by atoms with Gasteiger partial charge in [0.05, 0.1) is 18.9 Å². The molecule has 0 aromatic carbocycles. The molecule has 1 aliphatic rings. The minimum atomic E-state index is -0.678. The van der Waals surface area contributed by atoms with Crippen molar-refractivity contribution in [3.63, 3.8) is 0 Å². The van der Waals surface area contributed by atoms with Crippen LogP contribution in [0.3, 0.4) is 0 Å². The van der Waals surface area contributed by atoms with Gasteiger partial charge in [-0.05, 0) is 19.4 Å². The zero-order chi connectivity index (χ0) is 12.3. The highest BCUT2D eigenvalue weighted by Crippen LogP contribution is 2.20. The summed E-state index contributed by atoms with van der Waals surface area (Å²) < 4.78 is 9.47. The Balaban J connectivity index is 2.09. The Kier molecular flexibility index (Phi) is 3.75. The van der Waals surface area contributed by atoms with Gasteiger partial charge in [-0.2, -0.15) is 0 Å². The van der Waals surface area contributed by atoms with E-state index < -0.39 is 18.1 Å². The highest BCUT2D eigenvalue weighted by molar-refractivity contribution is 5.76. The number of ether oxygens (including phenoxy) is 1. The van der Waals surface area contributed by atoms with Crippen molar-refractivity contribution in [1.82, 2.24) is 10.1 Å². The minimum Gasteiger partial charge on any atom is -0.468 e. The third-order valence-corrected chi connectivity index (χ3v) is 3.00. The molecule has 0 unspecified atom stereocenters. The van der Waals surface area contributed by atoms with E-state index in [-0.39, 0.29) is 0 Å². The van der Waals surface area contributed by atoms with Crippen LogP contribution in [-0.2, 0) is 16.1 Å². The average Bonchev–Trinajstić information content (AvgIpc) is 2.81. The summed E-state index contributed by atoms with van der Waals surface area (Å²) in [7, 11) is 1.33. The van der Waals surface area contributed by atoms with Crippen molar-refractivity contribution in [2.75, 3.05) is 13.7 Å². The molecule has 1 fully saturated rings. The molecular weight excluding hydrogens is 224 g/mol. The van der Waals surface area contributed by atoms with E-state index in [1.807, 2.05) is 4.90 Å². The summed E-state index contributed by atoms with van der Waals surface area (Å²) in [5, 5.41) is 13.7. The molecule has 6 heteroatoms. The van der Waals surface area contributed by atoms with Gasteiger partial charge in [-0.15, -0.1) is 0 Å². The number of aliphatic hydroxyl groups is 1. The fraction of sp³-hybridized carbons (Fsp3) is 0.636. The van der Waals surface area contributed by atoms with Gasteiger partial charge in [-0.3, -0.25) is 9.69 Å². The molecule has 0 spiro atoms. The Morgan fingerprint density at radius 3 is 3.24 bits per heavy atom. The van der Waals surface area contributed by atoms with E-state index in [2.05, 4.69) is 5.16 Å². The summed E-state index contributed by atoms with van der Waals surface area (Å²) in [5.41, 5.74) is 0.744. The normalized spacial score (nSPS) is 25.8. The molecule has 2 heterocycles. The van der Waals surface area contributed by atoms with Crippen molar-refractivity contribution in [2.24, 2.45) is 0 Å². The van der Waals surface area contributed by atoms with Gasteiger partial charge in [0.2, 0.25) is 0 Å². The Morgan fingerprint density at radius 2 is 2.59 bits per heavy atom. The van der Waals surface area contributed by atoms with Crippen molar-refractivity contribution in [2.45, 2.75) is 31.5 Å². The number of aromatic nitrogens is 1. The highest BCUT2D eigenvalue weighted by atomic mass is 16.5. The largest absolute Gasteiger partial charge is 0.468 e. The third kappa shape index (κ3) is 2.65. The van der Waals surface area contributed by atoms with Crippen LogP contribution in [0.15, 0.2) is 16.9 Å². The Labute approximate surface area is 99.1 Å². The summed E-state index contributed by atoms with van der Waals surface area (Å²) in [6.07, 6.45) is 2.29. The monoisotopic (exact) mass is 240 g/mol. The molecule has 1 aliphatic heterocycles. The first-order chi connectivity index (χ1) is 8.22. The predicted molar refractivity (Wildman–Crippen MR) is 58.0 cm³/mol.